The molecule has 4 rings (SSSR count). The van der Waals surface area contributed by atoms with Crippen LogP contribution in [-0.2, 0) is 10.5 Å². The summed E-state index contributed by atoms with van der Waals surface area (Å²) in [6.07, 6.45) is -0.0751. The summed E-state index contributed by atoms with van der Waals surface area (Å²) in [6, 6.07) is 12.3. The van der Waals surface area contributed by atoms with Crippen molar-refractivity contribution in [3.05, 3.63) is 85.9 Å². The van der Waals surface area contributed by atoms with Gasteiger partial charge in [-0.1, -0.05) is 59.3 Å². The normalized spacial score (nSPS) is 15.7. The Kier molecular flexibility index (Phi) is 5.43. The van der Waals surface area contributed by atoms with Crippen LogP contribution in [0.2, 0.25) is 5.02 Å². The monoisotopic (exact) mass is 429 g/mol. The number of anilines is 1. The topological polar surface area (TPSA) is 74.8 Å². The van der Waals surface area contributed by atoms with E-state index in [0.29, 0.717) is 10.9 Å². The van der Waals surface area contributed by atoms with Gasteiger partial charge >= 0.3 is 0 Å². The van der Waals surface area contributed by atoms with Crippen molar-refractivity contribution in [2.45, 2.75) is 30.2 Å². The number of fused-ring (bicyclic) bond motifs is 1. The molecule has 5 nitrogen and oxygen atoms in total. The smallest absolute Gasteiger partial charge is 0.257 e. The standard InChI is InChI=1S/C21H17ClFN3O2S/c1-11-5-7-12(8-6-11)10-29-21-25-19-18(20(28)26-21)13(9-16(27)24-19)17-14(22)3-2-4-15(17)23/h2-8,13H,9-10H2,1H3,(H2,24,25,26,27,28). The molecule has 148 valence electrons. The molecule has 2 aromatic carbocycles. The molecule has 1 aliphatic rings. The Morgan fingerprint density at radius 2 is 1.93 bits per heavy atom. The van der Waals surface area contributed by atoms with E-state index in [-0.39, 0.29) is 34.3 Å². The van der Waals surface area contributed by atoms with E-state index in [9.17, 15) is 14.0 Å². The third-order valence-electron chi connectivity index (χ3n) is 4.77. The Balaban J connectivity index is 1.69. The predicted octanol–water partition coefficient (Wildman–Crippen LogP) is 4.64. The van der Waals surface area contributed by atoms with E-state index in [0.717, 1.165) is 5.56 Å². The van der Waals surface area contributed by atoms with Gasteiger partial charge in [-0.2, -0.15) is 0 Å². The lowest BCUT2D eigenvalue weighted by atomic mass is 9.86. The van der Waals surface area contributed by atoms with Crippen LogP contribution >= 0.6 is 23.4 Å². The van der Waals surface area contributed by atoms with Gasteiger partial charge in [0, 0.05) is 28.7 Å². The fraction of sp³-hybridized carbons (Fsp3) is 0.190. The number of aryl methyl sites for hydroxylation is 1. The number of carbonyl (C=O) groups excluding carboxylic acids is 1. The maximum Gasteiger partial charge on any atom is 0.257 e. The number of rotatable bonds is 4. The fourth-order valence-electron chi connectivity index (χ4n) is 3.35. The quantitative estimate of drug-likeness (QED) is 0.468. The third kappa shape index (κ3) is 4.06. The highest BCUT2D eigenvalue weighted by atomic mass is 35.5. The molecule has 0 aliphatic carbocycles. The molecule has 1 aromatic heterocycles. The first-order chi connectivity index (χ1) is 13.9. The molecule has 1 aliphatic heterocycles. The van der Waals surface area contributed by atoms with E-state index in [1.54, 1.807) is 6.07 Å². The number of nitrogens with one attached hydrogen (secondary N) is 2. The van der Waals surface area contributed by atoms with Crippen LogP contribution in [-0.4, -0.2) is 15.9 Å². The fourth-order valence-corrected chi connectivity index (χ4v) is 4.46. The maximum atomic E-state index is 14.5. The number of thioether (sulfide) groups is 1. The van der Waals surface area contributed by atoms with Crippen molar-refractivity contribution in [2.75, 3.05) is 5.32 Å². The van der Waals surface area contributed by atoms with Crippen LogP contribution in [0.5, 0.6) is 0 Å². The van der Waals surface area contributed by atoms with E-state index >= 15 is 0 Å². The van der Waals surface area contributed by atoms with Gasteiger partial charge in [0.1, 0.15) is 11.6 Å². The van der Waals surface area contributed by atoms with Crippen LogP contribution in [0, 0.1) is 12.7 Å². The minimum Gasteiger partial charge on any atom is -0.310 e. The summed E-state index contributed by atoms with van der Waals surface area (Å²) < 4.78 is 14.5. The first-order valence-electron chi connectivity index (χ1n) is 8.98. The van der Waals surface area contributed by atoms with Gasteiger partial charge in [0.2, 0.25) is 5.91 Å². The molecule has 2 N–H and O–H groups in total. The average Bonchev–Trinajstić information content (AvgIpc) is 2.67. The Labute approximate surface area is 175 Å². The number of halogens is 2. The van der Waals surface area contributed by atoms with Gasteiger partial charge in [0.15, 0.2) is 5.16 Å². The largest absolute Gasteiger partial charge is 0.310 e. The molecule has 0 bridgehead atoms. The van der Waals surface area contributed by atoms with Crippen molar-refractivity contribution < 1.29 is 9.18 Å². The zero-order chi connectivity index (χ0) is 20.5. The van der Waals surface area contributed by atoms with Crippen LogP contribution < -0.4 is 10.9 Å². The van der Waals surface area contributed by atoms with Crippen molar-refractivity contribution in [3.63, 3.8) is 0 Å². The lowest BCUT2D eigenvalue weighted by Crippen LogP contribution is -2.31. The lowest BCUT2D eigenvalue weighted by Gasteiger charge is -2.25. The summed E-state index contributed by atoms with van der Waals surface area (Å²) in [5.41, 5.74) is 2.19. The molecule has 0 radical (unpaired) electrons. The SMILES string of the molecule is Cc1ccc(CSc2nc3c(c(=O)[nH]2)C(c2c(F)cccc2Cl)CC(=O)N3)cc1. The summed E-state index contributed by atoms with van der Waals surface area (Å²) in [5.74, 6) is -0.922. The van der Waals surface area contributed by atoms with Crippen molar-refractivity contribution in [1.82, 2.24) is 9.97 Å². The van der Waals surface area contributed by atoms with Crippen molar-refractivity contribution in [1.29, 1.82) is 0 Å². The van der Waals surface area contributed by atoms with Gasteiger partial charge < -0.3 is 10.3 Å². The number of carbonyl (C=O) groups is 1. The Morgan fingerprint density at radius 3 is 2.66 bits per heavy atom. The molecule has 1 atom stereocenters. The van der Waals surface area contributed by atoms with Gasteiger partial charge in [-0.25, -0.2) is 9.37 Å². The molecule has 0 fully saturated rings. The lowest BCUT2D eigenvalue weighted by molar-refractivity contribution is -0.116. The molecule has 3 aromatic rings. The number of nitrogens with zero attached hydrogens (tertiary/aromatic N) is 1. The van der Waals surface area contributed by atoms with Gasteiger partial charge in [-0.05, 0) is 24.6 Å². The molecule has 1 unspecified atom stereocenters. The van der Waals surface area contributed by atoms with Gasteiger partial charge in [0.25, 0.3) is 5.56 Å². The van der Waals surface area contributed by atoms with Crippen LogP contribution in [0.15, 0.2) is 52.4 Å². The molecular formula is C21H17ClFN3O2S. The molecular weight excluding hydrogens is 413 g/mol. The van der Waals surface area contributed by atoms with Gasteiger partial charge in [-0.15, -0.1) is 0 Å². The molecule has 1 amide bonds. The second kappa shape index (κ2) is 8.00. The minimum atomic E-state index is -0.792. The van der Waals surface area contributed by atoms with E-state index in [1.165, 1.54) is 29.5 Å². The van der Waals surface area contributed by atoms with E-state index in [1.807, 2.05) is 31.2 Å². The zero-order valence-corrected chi connectivity index (χ0v) is 17.0. The highest BCUT2D eigenvalue weighted by Crippen LogP contribution is 2.39. The van der Waals surface area contributed by atoms with Gasteiger partial charge in [-0.3, -0.25) is 9.59 Å². The summed E-state index contributed by atoms with van der Waals surface area (Å²) in [5, 5.41) is 3.19. The Bertz CT molecular complexity index is 1130. The number of amides is 1. The van der Waals surface area contributed by atoms with Crippen LogP contribution in [0.1, 0.15) is 34.6 Å². The Morgan fingerprint density at radius 1 is 1.17 bits per heavy atom. The molecule has 29 heavy (non-hydrogen) atoms. The highest BCUT2D eigenvalue weighted by Gasteiger charge is 2.33. The summed E-state index contributed by atoms with van der Waals surface area (Å²) in [4.78, 5) is 32.2. The Hall–Kier alpha value is -2.64. The second-order valence-electron chi connectivity index (χ2n) is 6.85. The number of aromatic amines is 1. The minimum absolute atomic E-state index is 0.0751. The number of hydrogen-bond acceptors (Lipinski definition) is 4. The van der Waals surface area contributed by atoms with Crippen molar-refractivity contribution >= 4 is 35.1 Å². The van der Waals surface area contributed by atoms with Gasteiger partial charge in [0.05, 0.1) is 5.56 Å². The maximum absolute atomic E-state index is 14.5. The van der Waals surface area contributed by atoms with Crippen LogP contribution in [0.4, 0.5) is 10.2 Å². The van der Waals surface area contributed by atoms with Crippen LogP contribution in [0.3, 0.4) is 0 Å². The zero-order valence-electron chi connectivity index (χ0n) is 15.5. The number of H-pyrrole nitrogens is 1. The molecule has 0 spiro atoms. The van der Waals surface area contributed by atoms with Crippen molar-refractivity contribution in [2.24, 2.45) is 0 Å². The summed E-state index contributed by atoms with van der Waals surface area (Å²) in [7, 11) is 0. The van der Waals surface area contributed by atoms with E-state index in [2.05, 4.69) is 15.3 Å². The number of aromatic nitrogens is 2. The summed E-state index contributed by atoms with van der Waals surface area (Å²) in [6.45, 7) is 2.01. The third-order valence-corrected chi connectivity index (χ3v) is 6.05. The molecule has 0 saturated heterocycles. The van der Waals surface area contributed by atoms with Crippen LogP contribution in [0.25, 0.3) is 0 Å². The molecule has 2 heterocycles. The van der Waals surface area contributed by atoms with Crippen molar-refractivity contribution in [3.8, 4) is 0 Å². The number of benzene rings is 2. The average molecular weight is 430 g/mol. The molecule has 8 heteroatoms. The highest BCUT2D eigenvalue weighted by molar-refractivity contribution is 7.98. The first kappa shape index (κ1) is 19.7. The van der Waals surface area contributed by atoms with E-state index in [4.69, 9.17) is 11.6 Å². The molecule has 0 saturated carbocycles. The summed E-state index contributed by atoms with van der Waals surface area (Å²) >= 11 is 7.53. The van der Waals surface area contributed by atoms with E-state index < -0.39 is 17.3 Å². The predicted molar refractivity (Wildman–Crippen MR) is 112 cm³/mol. The number of hydrogen-bond donors (Lipinski definition) is 2. The first-order valence-corrected chi connectivity index (χ1v) is 10.3. The second-order valence-corrected chi connectivity index (χ2v) is 8.22.